The minimum absolute atomic E-state index is 0.0186. The smallest absolute Gasteiger partial charge is 0.335 e. The molecule has 6 nitrogen and oxygen atoms in total. The van der Waals surface area contributed by atoms with E-state index in [1.165, 1.54) is 29.3 Å². The van der Waals surface area contributed by atoms with Crippen molar-refractivity contribution in [2.24, 2.45) is 0 Å². The first kappa shape index (κ1) is 19.5. The Kier molecular flexibility index (Phi) is 6.55. The van der Waals surface area contributed by atoms with Crippen LogP contribution in [0.1, 0.15) is 31.8 Å². The Balaban J connectivity index is 0.000000199. The van der Waals surface area contributed by atoms with Crippen LogP contribution in [0.3, 0.4) is 0 Å². The quantitative estimate of drug-likeness (QED) is 0.525. The van der Waals surface area contributed by atoms with Crippen LogP contribution in [0.4, 0.5) is 11.4 Å². The molecule has 0 saturated heterocycles. The molecule has 0 aliphatic heterocycles. The Labute approximate surface area is 156 Å². The van der Waals surface area contributed by atoms with Crippen molar-refractivity contribution in [3.63, 3.8) is 0 Å². The lowest BCUT2D eigenvalue weighted by molar-refractivity contribution is 0.0696. The molecule has 0 atom stereocenters. The van der Waals surface area contributed by atoms with Crippen molar-refractivity contribution < 1.29 is 19.8 Å². The van der Waals surface area contributed by atoms with Gasteiger partial charge in [0, 0.05) is 11.4 Å². The van der Waals surface area contributed by atoms with Crippen LogP contribution in [0.5, 0.6) is 0 Å². The van der Waals surface area contributed by atoms with Gasteiger partial charge in [-0.1, -0.05) is 30.3 Å². The van der Waals surface area contributed by atoms with Gasteiger partial charge in [0.05, 0.1) is 11.1 Å². The second-order valence-electron chi connectivity index (χ2n) is 5.86. The van der Waals surface area contributed by atoms with Gasteiger partial charge in [-0.15, -0.1) is 0 Å². The highest BCUT2D eigenvalue weighted by molar-refractivity contribution is 5.93. The van der Waals surface area contributed by atoms with Crippen LogP contribution < -0.4 is 11.5 Å². The molecule has 138 valence electrons. The van der Waals surface area contributed by atoms with Gasteiger partial charge < -0.3 is 21.7 Å². The zero-order valence-corrected chi connectivity index (χ0v) is 14.5. The molecule has 3 aromatic rings. The van der Waals surface area contributed by atoms with Crippen LogP contribution in [0.25, 0.3) is 0 Å². The molecule has 6 N–H and O–H groups in total. The number of hydrogen-bond donors (Lipinski definition) is 4. The number of nitrogens with two attached hydrogens (primary N) is 2. The molecule has 0 bridgehead atoms. The third kappa shape index (κ3) is 6.21. The second kappa shape index (κ2) is 9.05. The fraction of sp³-hybridized carbons (Fsp3) is 0.0476. The highest BCUT2D eigenvalue weighted by Crippen LogP contribution is 2.14. The van der Waals surface area contributed by atoms with E-state index in [0.29, 0.717) is 0 Å². The van der Waals surface area contributed by atoms with Crippen LogP contribution in [0.2, 0.25) is 0 Å². The first-order valence-corrected chi connectivity index (χ1v) is 8.10. The summed E-state index contributed by atoms with van der Waals surface area (Å²) in [6.07, 6.45) is 0.871. The van der Waals surface area contributed by atoms with E-state index in [1.807, 2.05) is 36.4 Å². The number of hydrogen-bond acceptors (Lipinski definition) is 4. The summed E-state index contributed by atoms with van der Waals surface area (Å²) in [5, 5.41) is 17.0. The summed E-state index contributed by atoms with van der Waals surface area (Å²) in [7, 11) is 0. The summed E-state index contributed by atoms with van der Waals surface area (Å²) < 4.78 is 0. The minimum atomic E-state index is -1.13. The van der Waals surface area contributed by atoms with Gasteiger partial charge in [-0.05, 0) is 60.0 Å². The van der Waals surface area contributed by atoms with E-state index in [4.69, 9.17) is 21.7 Å². The molecule has 3 aromatic carbocycles. The molecule has 0 amide bonds. The van der Waals surface area contributed by atoms with Crippen molar-refractivity contribution >= 4 is 23.3 Å². The molecule has 6 heteroatoms. The molecule has 0 aliphatic rings. The predicted octanol–water partition coefficient (Wildman–Crippen LogP) is 3.52. The predicted molar refractivity (Wildman–Crippen MR) is 105 cm³/mol. The van der Waals surface area contributed by atoms with Gasteiger partial charge in [-0.2, -0.15) is 0 Å². The van der Waals surface area contributed by atoms with Gasteiger partial charge in [0.25, 0.3) is 0 Å². The zero-order valence-electron chi connectivity index (χ0n) is 14.5. The van der Waals surface area contributed by atoms with E-state index in [-0.39, 0.29) is 11.1 Å². The van der Waals surface area contributed by atoms with Crippen molar-refractivity contribution in [3.05, 3.63) is 95.1 Å². The summed E-state index contributed by atoms with van der Waals surface area (Å²) in [6.45, 7) is 0. The molecular formula is C21H20N2O4. The third-order valence-corrected chi connectivity index (χ3v) is 3.67. The van der Waals surface area contributed by atoms with E-state index in [0.717, 1.165) is 23.9 Å². The number of nitrogen functional groups attached to an aromatic ring is 2. The fourth-order valence-corrected chi connectivity index (χ4v) is 2.43. The lowest BCUT2D eigenvalue weighted by atomic mass is 10.0. The van der Waals surface area contributed by atoms with Gasteiger partial charge in [-0.3, -0.25) is 0 Å². The monoisotopic (exact) mass is 364 g/mol. The van der Waals surface area contributed by atoms with Crippen molar-refractivity contribution in [1.82, 2.24) is 0 Å². The van der Waals surface area contributed by atoms with Crippen LogP contribution >= 0.6 is 0 Å². The largest absolute Gasteiger partial charge is 0.478 e. The standard InChI is InChI=1S/C13H14N2.C8H6O4/c14-12-5-1-3-10(8-12)7-11-4-2-6-13(15)9-11;9-7(10)5-2-1-3-6(4-5)8(11)12/h1-6,8-9H,7,14-15H2;1-4H,(H,9,10)(H,11,12). The summed E-state index contributed by atoms with van der Waals surface area (Å²) in [5.74, 6) is -2.25. The maximum absolute atomic E-state index is 10.4. The SMILES string of the molecule is Nc1cccc(Cc2cccc(N)c2)c1.O=C(O)c1cccc(C(=O)O)c1. The molecule has 0 aromatic heterocycles. The number of aromatic carboxylic acids is 2. The van der Waals surface area contributed by atoms with E-state index < -0.39 is 11.9 Å². The van der Waals surface area contributed by atoms with Crippen LogP contribution in [0.15, 0.2) is 72.8 Å². The molecule has 0 spiro atoms. The molecule has 0 radical (unpaired) electrons. The molecule has 0 saturated carbocycles. The second-order valence-corrected chi connectivity index (χ2v) is 5.86. The molecular weight excluding hydrogens is 344 g/mol. The third-order valence-electron chi connectivity index (χ3n) is 3.67. The normalized spacial score (nSPS) is 9.78. The Morgan fingerprint density at radius 2 is 1.07 bits per heavy atom. The lowest BCUT2D eigenvalue weighted by Gasteiger charge is -2.03. The lowest BCUT2D eigenvalue weighted by Crippen LogP contribution is -2.01. The molecule has 0 unspecified atom stereocenters. The highest BCUT2D eigenvalue weighted by atomic mass is 16.4. The van der Waals surface area contributed by atoms with Crippen LogP contribution in [0, 0.1) is 0 Å². The van der Waals surface area contributed by atoms with Gasteiger partial charge in [0.15, 0.2) is 0 Å². The Morgan fingerprint density at radius 3 is 1.44 bits per heavy atom. The van der Waals surface area contributed by atoms with Crippen molar-refractivity contribution in [3.8, 4) is 0 Å². The van der Waals surface area contributed by atoms with E-state index >= 15 is 0 Å². The summed E-state index contributed by atoms with van der Waals surface area (Å²) in [6, 6.07) is 21.0. The summed E-state index contributed by atoms with van der Waals surface area (Å²) >= 11 is 0. The first-order valence-electron chi connectivity index (χ1n) is 8.10. The average Bonchev–Trinajstić information content (AvgIpc) is 2.62. The summed E-state index contributed by atoms with van der Waals surface area (Å²) in [5.41, 5.74) is 15.4. The minimum Gasteiger partial charge on any atom is -0.478 e. The van der Waals surface area contributed by atoms with E-state index in [2.05, 4.69) is 12.1 Å². The molecule has 0 aliphatic carbocycles. The molecule has 3 rings (SSSR count). The van der Waals surface area contributed by atoms with Crippen molar-refractivity contribution in [2.75, 3.05) is 11.5 Å². The molecule has 0 fully saturated rings. The number of carboxylic acids is 2. The summed E-state index contributed by atoms with van der Waals surface area (Å²) in [4.78, 5) is 20.8. The topological polar surface area (TPSA) is 127 Å². The molecule has 0 heterocycles. The first-order chi connectivity index (χ1) is 12.8. The van der Waals surface area contributed by atoms with Gasteiger partial charge in [0.1, 0.15) is 0 Å². The van der Waals surface area contributed by atoms with Crippen molar-refractivity contribution in [2.45, 2.75) is 6.42 Å². The number of carboxylic acid groups (broad SMARTS) is 2. The molecule has 27 heavy (non-hydrogen) atoms. The Bertz CT molecular complexity index is 881. The maximum Gasteiger partial charge on any atom is 0.335 e. The van der Waals surface area contributed by atoms with Gasteiger partial charge in [-0.25, -0.2) is 9.59 Å². The fourth-order valence-electron chi connectivity index (χ4n) is 2.43. The van der Waals surface area contributed by atoms with E-state index in [9.17, 15) is 9.59 Å². The van der Waals surface area contributed by atoms with Crippen LogP contribution in [-0.4, -0.2) is 22.2 Å². The van der Waals surface area contributed by atoms with Gasteiger partial charge in [0.2, 0.25) is 0 Å². The number of anilines is 2. The van der Waals surface area contributed by atoms with Crippen LogP contribution in [-0.2, 0) is 6.42 Å². The average molecular weight is 364 g/mol. The number of rotatable bonds is 4. The number of carbonyl (C=O) groups is 2. The maximum atomic E-state index is 10.4. The van der Waals surface area contributed by atoms with Gasteiger partial charge >= 0.3 is 11.9 Å². The highest BCUT2D eigenvalue weighted by Gasteiger charge is 2.06. The Hall–Kier alpha value is -3.80. The zero-order chi connectivity index (χ0) is 19.8. The van der Waals surface area contributed by atoms with E-state index in [1.54, 1.807) is 0 Å². The number of benzene rings is 3. The van der Waals surface area contributed by atoms with Crippen molar-refractivity contribution in [1.29, 1.82) is 0 Å². The Morgan fingerprint density at radius 1 is 0.667 bits per heavy atom.